The van der Waals surface area contributed by atoms with Gasteiger partial charge in [-0.3, -0.25) is 0 Å². The van der Waals surface area contributed by atoms with Gasteiger partial charge in [0.25, 0.3) is 0 Å². The lowest BCUT2D eigenvalue weighted by Gasteiger charge is -2.40. The molecule has 0 spiro atoms. The number of nitrogens with zero attached hydrogens (tertiary/aromatic N) is 4. The first-order valence-electron chi connectivity index (χ1n) is 11.8. The second-order valence-corrected chi connectivity index (χ2v) is 11.3. The van der Waals surface area contributed by atoms with Gasteiger partial charge in [-0.05, 0) is 74.1 Å². The molecule has 1 aliphatic carbocycles. The molecule has 8 nitrogen and oxygen atoms in total. The number of carbonyl (C=O) groups is 1. The van der Waals surface area contributed by atoms with E-state index in [1.807, 2.05) is 65.8 Å². The summed E-state index contributed by atoms with van der Waals surface area (Å²) in [6, 6.07) is 0.618. The van der Waals surface area contributed by atoms with Crippen LogP contribution < -0.4 is 10.4 Å². The topological polar surface area (TPSA) is 77.0 Å². The molecule has 0 N–H and O–H groups in total. The lowest BCUT2D eigenvalue weighted by molar-refractivity contribution is 0.00578. The summed E-state index contributed by atoms with van der Waals surface area (Å²) in [5, 5.41) is 0. The Labute approximate surface area is 192 Å². The van der Waals surface area contributed by atoms with Gasteiger partial charge >= 0.3 is 13.2 Å². The maximum Gasteiger partial charge on any atom is 0.498 e. The van der Waals surface area contributed by atoms with E-state index in [9.17, 15) is 4.79 Å². The van der Waals surface area contributed by atoms with Crippen LogP contribution in [0.15, 0.2) is 12.4 Å². The Morgan fingerprint density at radius 1 is 1.09 bits per heavy atom. The van der Waals surface area contributed by atoms with Crippen molar-refractivity contribution in [1.29, 1.82) is 0 Å². The zero-order valence-corrected chi connectivity index (χ0v) is 20.6. The molecule has 3 fully saturated rings. The summed E-state index contributed by atoms with van der Waals surface area (Å²) in [5.74, 6) is 0.712. The van der Waals surface area contributed by atoms with Crippen molar-refractivity contribution < 1.29 is 18.8 Å². The highest BCUT2D eigenvalue weighted by molar-refractivity contribution is 6.61. The molecule has 1 amide bonds. The second kappa shape index (κ2) is 8.17. The van der Waals surface area contributed by atoms with Gasteiger partial charge in [0, 0.05) is 43.0 Å². The average Bonchev–Trinajstić information content (AvgIpc) is 3.48. The van der Waals surface area contributed by atoms with E-state index >= 15 is 0 Å². The first kappa shape index (κ1) is 23.3. The lowest BCUT2D eigenvalue weighted by atomic mass is 9.81. The van der Waals surface area contributed by atoms with E-state index in [1.165, 1.54) is 0 Å². The summed E-state index contributed by atoms with van der Waals surface area (Å²) < 4.78 is 17.9. The molecule has 9 heteroatoms. The quantitative estimate of drug-likeness (QED) is 0.661. The first-order valence-corrected chi connectivity index (χ1v) is 11.8. The number of aromatic nitrogens is 2. The largest absolute Gasteiger partial charge is 0.498 e. The standard InChI is InChI=1S/C23H37BN4O4/c1-21(2,3)30-20(29)27-12-8-9-18(15-27)28(17-10-11-17)19-25-13-16(14-26-19)24-31-22(4,5)23(6,7)32-24/h13-14,17-18H,8-12,15H2,1-7H3. The Morgan fingerprint density at radius 2 is 1.69 bits per heavy atom. The summed E-state index contributed by atoms with van der Waals surface area (Å²) in [4.78, 5) is 26.2. The van der Waals surface area contributed by atoms with Crippen molar-refractivity contribution >= 4 is 24.6 Å². The summed E-state index contributed by atoms with van der Waals surface area (Å²) in [5.41, 5.74) is -0.470. The van der Waals surface area contributed by atoms with Gasteiger partial charge in [0.1, 0.15) is 5.60 Å². The van der Waals surface area contributed by atoms with E-state index in [1.54, 1.807) is 0 Å². The van der Waals surface area contributed by atoms with Crippen molar-refractivity contribution in [2.24, 2.45) is 0 Å². The second-order valence-electron chi connectivity index (χ2n) is 11.3. The Morgan fingerprint density at radius 3 is 2.22 bits per heavy atom. The summed E-state index contributed by atoms with van der Waals surface area (Å²) in [6.07, 6.45) is 7.60. The molecular formula is C23H37BN4O4. The van der Waals surface area contributed by atoms with Crippen molar-refractivity contribution in [2.45, 2.75) is 103 Å². The zero-order chi connectivity index (χ0) is 23.3. The van der Waals surface area contributed by atoms with Crippen molar-refractivity contribution in [3.63, 3.8) is 0 Å². The van der Waals surface area contributed by atoms with Gasteiger partial charge in [-0.2, -0.15) is 0 Å². The molecule has 1 atom stereocenters. The van der Waals surface area contributed by atoms with Crippen molar-refractivity contribution in [3.05, 3.63) is 12.4 Å². The number of ether oxygens (including phenoxy) is 1. The molecular weight excluding hydrogens is 407 g/mol. The molecule has 0 aromatic carbocycles. The maximum atomic E-state index is 12.6. The van der Waals surface area contributed by atoms with Crippen LogP contribution in [0.1, 0.15) is 74.1 Å². The number of carbonyl (C=O) groups excluding carboxylic acids is 1. The summed E-state index contributed by atoms with van der Waals surface area (Å²) in [6.45, 7) is 15.2. The number of hydrogen-bond acceptors (Lipinski definition) is 7. The molecule has 0 bridgehead atoms. The van der Waals surface area contributed by atoms with E-state index < -0.39 is 23.9 Å². The smallest absolute Gasteiger partial charge is 0.444 e. The van der Waals surface area contributed by atoms with E-state index in [-0.39, 0.29) is 12.1 Å². The van der Waals surface area contributed by atoms with Crippen LogP contribution in [0.2, 0.25) is 0 Å². The number of amides is 1. The Kier molecular flexibility index (Phi) is 5.95. The SMILES string of the molecule is CC(C)(C)OC(=O)N1CCCC(N(c2ncc(B3OC(C)(C)C(C)(C)O3)cn2)C2CC2)C1. The molecule has 1 aromatic rings. The number of anilines is 1. The van der Waals surface area contributed by atoms with Crippen LogP contribution in [0.5, 0.6) is 0 Å². The molecule has 2 aliphatic heterocycles. The molecule has 176 valence electrons. The molecule has 1 aromatic heterocycles. The maximum absolute atomic E-state index is 12.6. The molecule has 0 radical (unpaired) electrons. The summed E-state index contributed by atoms with van der Waals surface area (Å²) in [7, 11) is -0.472. The Hall–Kier alpha value is -1.87. The fraction of sp³-hybridized carbons (Fsp3) is 0.783. The number of rotatable bonds is 4. The first-order chi connectivity index (χ1) is 14.9. The third kappa shape index (κ3) is 4.88. The molecule has 2 saturated heterocycles. The van der Waals surface area contributed by atoms with Crippen LogP contribution in [0.25, 0.3) is 0 Å². The normalized spacial score (nSPS) is 25.0. The lowest BCUT2D eigenvalue weighted by Crippen LogP contribution is -2.52. The van der Waals surface area contributed by atoms with Crippen molar-refractivity contribution in [2.75, 3.05) is 18.0 Å². The van der Waals surface area contributed by atoms with Gasteiger partial charge in [-0.1, -0.05) is 0 Å². The van der Waals surface area contributed by atoms with Crippen LogP contribution in [0, 0.1) is 0 Å². The van der Waals surface area contributed by atoms with Gasteiger partial charge in [0.05, 0.1) is 11.2 Å². The predicted octanol–water partition coefficient (Wildman–Crippen LogP) is 3.14. The van der Waals surface area contributed by atoms with Crippen LogP contribution >= 0.6 is 0 Å². The van der Waals surface area contributed by atoms with Crippen molar-refractivity contribution in [1.82, 2.24) is 14.9 Å². The highest BCUT2D eigenvalue weighted by Crippen LogP contribution is 2.37. The molecule has 3 aliphatic rings. The van der Waals surface area contributed by atoms with Gasteiger partial charge in [0.15, 0.2) is 0 Å². The van der Waals surface area contributed by atoms with Crippen LogP contribution in [-0.4, -0.2) is 70.1 Å². The minimum absolute atomic E-state index is 0.187. The van der Waals surface area contributed by atoms with Crippen LogP contribution in [0.4, 0.5) is 10.7 Å². The van der Waals surface area contributed by atoms with Gasteiger partial charge < -0.3 is 23.8 Å². The highest BCUT2D eigenvalue weighted by atomic mass is 16.7. The molecule has 32 heavy (non-hydrogen) atoms. The predicted molar refractivity (Wildman–Crippen MR) is 124 cm³/mol. The third-order valence-corrected chi connectivity index (χ3v) is 6.80. The van der Waals surface area contributed by atoms with E-state index in [2.05, 4.69) is 4.90 Å². The fourth-order valence-electron chi connectivity index (χ4n) is 4.22. The fourth-order valence-corrected chi connectivity index (χ4v) is 4.22. The molecule has 1 unspecified atom stereocenters. The Balaban J connectivity index is 1.47. The van der Waals surface area contributed by atoms with Crippen LogP contribution in [0.3, 0.4) is 0 Å². The number of hydrogen-bond donors (Lipinski definition) is 0. The van der Waals surface area contributed by atoms with E-state index in [0.29, 0.717) is 18.5 Å². The van der Waals surface area contributed by atoms with E-state index in [4.69, 9.17) is 24.0 Å². The van der Waals surface area contributed by atoms with Crippen LogP contribution in [-0.2, 0) is 14.0 Å². The average molecular weight is 444 g/mol. The zero-order valence-electron chi connectivity index (χ0n) is 20.6. The number of piperidine rings is 1. The molecule has 4 rings (SSSR count). The molecule has 3 heterocycles. The summed E-state index contributed by atoms with van der Waals surface area (Å²) >= 11 is 0. The highest BCUT2D eigenvalue weighted by Gasteiger charge is 2.52. The van der Waals surface area contributed by atoms with E-state index in [0.717, 1.165) is 37.7 Å². The van der Waals surface area contributed by atoms with Gasteiger partial charge in [-0.15, -0.1) is 0 Å². The minimum atomic E-state index is -0.493. The Bertz CT molecular complexity index is 819. The monoisotopic (exact) mass is 444 g/mol. The van der Waals surface area contributed by atoms with Gasteiger partial charge in [0.2, 0.25) is 5.95 Å². The third-order valence-electron chi connectivity index (χ3n) is 6.80. The minimum Gasteiger partial charge on any atom is -0.444 e. The number of likely N-dealkylation sites (tertiary alicyclic amines) is 1. The van der Waals surface area contributed by atoms with Gasteiger partial charge in [-0.25, -0.2) is 14.8 Å². The van der Waals surface area contributed by atoms with Crippen molar-refractivity contribution in [3.8, 4) is 0 Å². The molecule has 1 saturated carbocycles.